The monoisotopic (exact) mass is 584 g/mol. The fraction of sp³-hybridized carbons (Fsp3) is 0.647. The van der Waals surface area contributed by atoms with Gasteiger partial charge < -0.3 is 0 Å². The third kappa shape index (κ3) is 9.39. The first-order valence-corrected chi connectivity index (χ1v) is 14.9. The van der Waals surface area contributed by atoms with Crippen LogP contribution in [0.3, 0.4) is 0 Å². The topological polar surface area (TPSA) is 63.2 Å². The number of hydrogen-bond donors (Lipinski definition) is 0. The molecule has 0 aromatic heterocycles. The van der Waals surface area contributed by atoms with Crippen molar-refractivity contribution in [1.82, 2.24) is 0 Å². The predicted molar refractivity (Wildman–Crippen MR) is 114 cm³/mol. The van der Waals surface area contributed by atoms with Gasteiger partial charge in [0.2, 0.25) is 0 Å². The molecule has 0 saturated carbocycles. The second kappa shape index (κ2) is 14.1. The maximum absolute atomic E-state index is 13.5. The molecule has 6 nitrogen and oxygen atoms in total. The van der Waals surface area contributed by atoms with Crippen molar-refractivity contribution in [2.24, 2.45) is 0 Å². The minimum atomic E-state index is -3.71. The van der Waals surface area contributed by atoms with E-state index in [0.29, 0.717) is 10.6 Å². The van der Waals surface area contributed by atoms with Crippen molar-refractivity contribution < 1.29 is 22.7 Å². The van der Waals surface area contributed by atoms with Crippen LogP contribution in [-0.4, -0.2) is 58.7 Å². The van der Waals surface area contributed by atoms with Gasteiger partial charge in [0.05, 0.1) is 0 Å². The standard InChI is InChI=1S/C11H15ClO4P.2C3H6ClO.Sb/c1-3-15-17(14,16-4-2)11(13)9-7-5-6-8-10(9)12;2*1-3(4)2-5;/h5-8,11H,3-4H2,1-2H3;2*3H,2H2,1H3;/q3*-1;+3. The van der Waals surface area contributed by atoms with Crippen molar-refractivity contribution in [3.05, 3.63) is 34.9 Å². The molecule has 0 bridgehead atoms. The Morgan fingerprint density at radius 1 is 1.00 bits per heavy atom. The van der Waals surface area contributed by atoms with Gasteiger partial charge in [-0.3, -0.25) is 0 Å². The van der Waals surface area contributed by atoms with Crippen LogP contribution >= 0.6 is 42.4 Å². The summed E-state index contributed by atoms with van der Waals surface area (Å²) in [4.78, 5) is 0. The van der Waals surface area contributed by atoms with E-state index in [2.05, 4.69) is 0 Å². The number of hydrogen-bond acceptors (Lipinski definition) is 6. The summed E-state index contributed by atoms with van der Waals surface area (Å²) in [6, 6.07) is 6.93. The van der Waals surface area contributed by atoms with Gasteiger partial charge in [-0.1, -0.05) is 0 Å². The van der Waals surface area contributed by atoms with E-state index < -0.39 is 34.9 Å². The first-order chi connectivity index (χ1) is 13.2. The molecule has 0 spiro atoms. The Morgan fingerprint density at radius 2 is 1.50 bits per heavy atom. The molecule has 0 N–H and O–H groups in total. The molecule has 0 aliphatic carbocycles. The van der Waals surface area contributed by atoms with Gasteiger partial charge in [0.25, 0.3) is 0 Å². The minimum absolute atomic E-state index is 0.179. The number of benzene rings is 1. The van der Waals surface area contributed by atoms with Gasteiger partial charge in [0, 0.05) is 0 Å². The van der Waals surface area contributed by atoms with Crippen LogP contribution in [0.4, 0.5) is 0 Å². The van der Waals surface area contributed by atoms with Gasteiger partial charge >= 0.3 is 192 Å². The molecular weight excluding hydrogens is 559 g/mol. The second-order valence-electron chi connectivity index (χ2n) is 5.73. The van der Waals surface area contributed by atoms with Gasteiger partial charge in [-0.2, -0.15) is 0 Å². The molecule has 162 valence electrons. The average molecular weight is 586 g/mol. The summed E-state index contributed by atoms with van der Waals surface area (Å²) in [5.74, 6) is -1.08. The summed E-state index contributed by atoms with van der Waals surface area (Å²) >= 11 is 15.0. The quantitative estimate of drug-likeness (QED) is 0.154. The Balaban J connectivity index is 3.22. The Labute approximate surface area is 191 Å². The summed E-state index contributed by atoms with van der Waals surface area (Å²) < 4.78 is 42.2. The zero-order valence-electron chi connectivity index (χ0n) is 16.3. The van der Waals surface area contributed by atoms with E-state index in [1.54, 1.807) is 52.0 Å². The fourth-order valence-corrected chi connectivity index (χ4v) is 9.53. The third-order valence-corrected chi connectivity index (χ3v) is 9.51. The normalized spacial score (nSPS) is 15.6. The van der Waals surface area contributed by atoms with Crippen LogP contribution in [0.25, 0.3) is 0 Å². The summed E-state index contributed by atoms with van der Waals surface area (Å²) in [5, 5.41) is -0.0991. The van der Waals surface area contributed by atoms with Gasteiger partial charge in [-0.05, 0) is 0 Å². The molecule has 0 aliphatic heterocycles. The first-order valence-electron chi connectivity index (χ1n) is 8.87. The maximum atomic E-state index is 13.5. The molecule has 3 unspecified atom stereocenters. The molecule has 0 aliphatic rings. The van der Waals surface area contributed by atoms with E-state index in [9.17, 15) is 4.57 Å². The Kier molecular flexibility index (Phi) is 13.6. The molecule has 1 aromatic rings. The summed E-state index contributed by atoms with van der Waals surface area (Å²) in [6.07, 6.45) is 0. The second-order valence-corrected chi connectivity index (χ2v) is 13.0. The van der Waals surface area contributed by atoms with Crippen molar-refractivity contribution in [2.75, 3.05) is 26.4 Å². The molecule has 11 heteroatoms. The van der Waals surface area contributed by atoms with Crippen LogP contribution in [0.5, 0.6) is 0 Å². The molecular formula is C17H27Cl3O6PSb. The zero-order chi connectivity index (χ0) is 21.2. The molecule has 28 heavy (non-hydrogen) atoms. The summed E-state index contributed by atoms with van der Waals surface area (Å²) in [6.45, 7) is 7.85. The van der Waals surface area contributed by atoms with Crippen LogP contribution in [0.2, 0.25) is 5.02 Å². The van der Waals surface area contributed by atoms with Gasteiger partial charge in [0.1, 0.15) is 0 Å². The van der Waals surface area contributed by atoms with Gasteiger partial charge in [-0.15, -0.1) is 0 Å². The van der Waals surface area contributed by atoms with E-state index in [-0.39, 0.29) is 37.2 Å². The fourth-order valence-electron chi connectivity index (χ4n) is 2.00. The number of rotatable bonds is 14. The molecule has 0 heterocycles. The Morgan fingerprint density at radius 3 is 1.93 bits per heavy atom. The van der Waals surface area contributed by atoms with Crippen LogP contribution in [0.1, 0.15) is 39.1 Å². The average Bonchev–Trinajstić information content (AvgIpc) is 2.62. The third-order valence-electron chi connectivity index (χ3n) is 3.08. The molecule has 1 aromatic carbocycles. The Hall–Kier alpha value is 0.938. The van der Waals surface area contributed by atoms with E-state index >= 15 is 0 Å². The van der Waals surface area contributed by atoms with Crippen LogP contribution < -0.4 is 0 Å². The SMILES string of the molecule is CCOP(=O)(OCC)C([O][Sb]([O]CC(C)Cl)[O]CC(C)Cl)c1ccccc1Cl. The van der Waals surface area contributed by atoms with E-state index in [1.165, 1.54) is 0 Å². The van der Waals surface area contributed by atoms with Crippen molar-refractivity contribution in [1.29, 1.82) is 0 Å². The van der Waals surface area contributed by atoms with E-state index in [0.717, 1.165) is 0 Å². The Bertz CT molecular complexity index is 600. The van der Waals surface area contributed by atoms with Crippen molar-refractivity contribution in [3.8, 4) is 0 Å². The van der Waals surface area contributed by atoms with Gasteiger partial charge in [-0.25, -0.2) is 0 Å². The first kappa shape index (κ1) is 27.0. The van der Waals surface area contributed by atoms with Crippen molar-refractivity contribution in [2.45, 2.75) is 44.3 Å². The van der Waals surface area contributed by atoms with E-state index in [4.69, 9.17) is 52.9 Å². The van der Waals surface area contributed by atoms with Crippen LogP contribution in [-0.2, 0) is 22.7 Å². The predicted octanol–water partition coefficient (Wildman–Crippen LogP) is 5.89. The number of halogens is 3. The molecule has 0 amide bonds. The van der Waals surface area contributed by atoms with Crippen molar-refractivity contribution >= 4 is 63.9 Å². The number of alkyl halides is 2. The van der Waals surface area contributed by atoms with Crippen molar-refractivity contribution in [3.63, 3.8) is 0 Å². The summed E-state index contributed by atoms with van der Waals surface area (Å²) in [7, 11) is -3.71. The summed E-state index contributed by atoms with van der Waals surface area (Å²) in [5.41, 5.74) is 0.481. The zero-order valence-corrected chi connectivity index (χ0v) is 22.1. The molecule has 0 fully saturated rings. The van der Waals surface area contributed by atoms with Crippen LogP contribution in [0, 0.1) is 0 Å². The molecule has 0 saturated heterocycles. The molecule has 3 atom stereocenters. The van der Waals surface area contributed by atoms with E-state index in [1.807, 2.05) is 0 Å². The molecule has 1 rings (SSSR count). The van der Waals surface area contributed by atoms with Crippen LogP contribution in [0.15, 0.2) is 24.3 Å². The van der Waals surface area contributed by atoms with Gasteiger partial charge in [0.15, 0.2) is 0 Å². The molecule has 0 radical (unpaired) electrons.